The van der Waals surface area contributed by atoms with Crippen molar-refractivity contribution in [3.63, 3.8) is 0 Å². The highest BCUT2D eigenvalue weighted by Gasteiger charge is 2.25. The lowest BCUT2D eigenvalue weighted by atomic mass is 10.0. The molecule has 2 aromatic carbocycles. The molecule has 1 atom stereocenters. The Morgan fingerprint density at radius 3 is 2.76 bits per heavy atom. The van der Waals surface area contributed by atoms with Crippen molar-refractivity contribution >= 4 is 43.5 Å². The molecule has 0 aromatic heterocycles. The first-order valence-corrected chi connectivity index (χ1v) is 8.16. The maximum absolute atomic E-state index is 13.5. The highest BCUT2D eigenvalue weighted by molar-refractivity contribution is 9.11. The van der Waals surface area contributed by atoms with E-state index in [9.17, 15) is 9.18 Å². The Morgan fingerprint density at radius 1 is 1.24 bits per heavy atom. The SMILES string of the molecule is CN1C(=O)Cc2cc(C(Br)c3cc(F)ccc3Br)ccc21. The second-order valence-electron chi connectivity index (χ2n) is 5.05. The Labute approximate surface area is 139 Å². The molecule has 0 spiro atoms. The number of rotatable bonds is 2. The van der Waals surface area contributed by atoms with Gasteiger partial charge in [-0.2, -0.15) is 0 Å². The second kappa shape index (κ2) is 5.54. The number of likely N-dealkylation sites (N-methyl/N-ethyl adjacent to an activating group) is 1. The lowest BCUT2D eigenvalue weighted by Crippen LogP contribution is -2.20. The molecule has 0 aliphatic carbocycles. The van der Waals surface area contributed by atoms with Gasteiger partial charge in [0.1, 0.15) is 5.82 Å². The van der Waals surface area contributed by atoms with Crippen LogP contribution in [0.2, 0.25) is 0 Å². The molecule has 0 N–H and O–H groups in total. The van der Waals surface area contributed by atoms with Crippen LogP contribution in [0.1, 0.15) is 21.5 Å². The van der Waals surface area contributed by atoms with Gasteiger partial charge in [-0.15, -0.1) is 0 Å². The fraction of sp³-hybridized carbons (Fsp3) is 0.188. The topological polar surface area (TPSA) is 20.3 Å². The van der Waals surface area contributed by atoms with Crippen LogP contribution in [-0.2, 0) is 11.2 Å². The maximum atomic E-state index is 13.5. The van der Waals surface area contributed by atoms with Gasteiger partial charge in [0.25, 0.3) is 0 Å². The zero-order chi connectivity index (χ0) is 15.1. The van der Waals surface area contributed by atoms with Gasteiger partial charge in [-0.3, -0.25) is 4.79 Å². The number of alkyl halides is 1. The zero-order valence-electron chi connectivity index (χ0n) is 11.2. The van der Waals surface area contributed by atoms with Crippen molar-refractivity contribution in [1.82, 2.24) is 0 Å². The molecule has 21 heavy (non-hydrogen) atoms. The van der Waals surface area contributed by atoms with Crippen molar-refractivity contribution in [2.24, 2.45) is 0 Å². The molecule has 3 rings (SSSR count). The molecule has 1 heterocycles. The molecule has 0 bridgehead atoms. The highest BCUT2D eigenvalue weighted by Crippen LogP contribution is 2.38. The van der Waals surface area contributed by atoms with Crippen LogP contribution in [0.4, 0.5) is 10.1 Å². The minimum Gasteiger partial charge on any atom is -0.315 e. The Balaban J connectivity index is 2.00. The van der Waals surface area contributed by atoms with Crippen molar-refractivity contribution in [3.05, 3.63) is 63.4 Å². The average Bonchev–Trinajstić information content (AvgIpc) is 2.75. The van der Waals surface area contributed by atoms with Gasteiger partial charge in [0.05, 0.1) is 11.2 Å². The van der Waals surface area contributed by atoms with Gasteiger partial charge in [-0.25, -0.2) is 4.39 Å². The maximum Gasteiger partial charge on any atom is 0.231 e. The summed E-state index contributed by atoms with van der Waals surface area (Å²) in [6.07, 6.45) is 0.420. The number of hydrogen-bond donors (Lipinski definition) is 0. The smallest absolute Gasteiger partial charge is 0.231 e. The summed E-state index contributed by atoms with van der Waals surface area (Å²) in [4.78, 5) is 13.3. The van der Waals surface area contributed by atoms with Crippen molar-refractivity contribution in [2.75, 3.05) is 11.9 Å². The fourth-order valence-electron chi connectivity index (χ4n) is 2.54. The summed E-state index contributed by atoms with van der Waals surface area (Å²) < 4.78 is 14.3. The highest BCUT2D eigenvalue weighted by atomic mass is 79.9. The van der Waals surface area contributed by atoms with Crippen LogP contribution in [0.15, 0.2) is 40.9 Å². The van der Waals surface area contributed by atoms with Gasteiger partial charge in [-0.05, 0) is 41.0 Å². The number of anilines is 1. The van der Waals surface area contributed by atoms with Gasteiger partial charge in [0.15, 0.2) is 0 Å². The monoisotopic (exact) mass is 411 g/mol. The van der Waals surface area contributed by atoms with Crippen molar-refractivity contribution in [2.45, 2.75) is 11.2 Å². The van der Waals surface area contributed by atoms with E-state index in [2.05, 4.69) is 31.9 Å². The van der Waals surface area contributed by atoms with E-state index < -0.39 is 0 Å². The van der Waals surface area contributed by atoms with E-state index in [1.165, 1.54) is 12.1 Å². The molecule has 0 saturated heterocycles. The molecule has 2 aromatic rings. The number of halogens is 3. The number of benzene rings is 2. The number of carbonyl (C=O) groups excluding carboxylic acids is 1. The van der Waals surface area contributed by atoms with Crippen LogP contribution in [0.25, 0.3) is 0 Å². The van der Waals surface area contributed by atoms with Crippen LogP contribution < -0.4 is 4.90 Å². The first-order chi connectivity index (χ1) is 9.97. The molecule has 0 fully saturated rings. The summed E-state index contributed by atoms with van der Waals surface area (Å²) in [5, 5.41) is 0. The van der Waals surface area contributed by atoms with E-state index in [0.29, 0.717) is 6.42 Å². The summed E-state index contributed by atoms with van der Waals surface area (Å²) in [7, 11) is 1.78. The minimum absolute atomic E-state index is 0.0974. The number of carbonyl (C=O) groups is 1. The quantitative estimate of drug-likeness (QED) is 0.660. The fourth-order valence-corrected chi connectivity index (χ4v) is 3.98. The van der Waals surface area contributed by atoms with Crippen molar-refractivity contribution in [3.8, 4) is 0 Å². The minimum atomic E-state index is -0.270. The first kappa shape index (κ1) is 14.7. The summed E-state index contributed by atoms with van der Waals surface area (Å²) in [5.74, 6) is -0.172. The molecule has 2 nitrogen and oxygen atoms in total. The van der Waals surface area contributed by atoms with E-state index in [0.717, 1.165) is 26.9 Å². The lowest BCUT2D eigenvalue weighted by molar-refractivity contribution is -0.117. The Bertz CT molecular complexity index is 732. The Kier molecular flexibility index (Phi) is 3.88. The van der Waals surface area contributed by atoms with Crippen molar-refractivity contribution < 1.29 is 9.18 Å². The van der Waals surface area contributed by atoms with Crippen LogP contribution in [0.3, 0.4) is 0 Å². The predicted molar refractivity (Wildman–Crippen MR) is 88.4 cm³/mol. The predicted octanol–water partition coefficient (Wildman–Crippen LogP) is 4.59. The molecular formula is C16H12Br2FNO. The molecule has 1 unspecified atom stereocenters. The molecule has 1 aliphatic rings. The Hall–Kier alpha value is -1.20. The summed E-state index contributed by atoms with van der Waals surface area (Å²) >= 11 is 7.07. The van der Waals surface area contributed by atoms with E-state index in [1.54, 1.807) is 18.0 Å². The Morgan fingerprint density at radius 2 is 2.00 bits per heavy atom. The summed E-state index contributed by atoms with van der Waals surface area (Å²) in [6.45, 7) is 0. The van der Waals surface area contributed by atoms with E-state index >= 15 is 0 Å². The molecule has 0 saturated carbocycles. The molecule has 108 valence electrons. The first-order valence-electron chi connectivity index (χ1n) is 6.46. The van der Waals surface area contributed by atoms with E-state index in [1.807, 2.05) is 18.2 Å². The molecule has 5 heteroatoms. The summed E-state index contributed by atoms with van der Waals surface area (Å²) in [6, 6.07) is 10.5. The van der Waals surface area contributed by atoms with E-state index in [-0.39, 0.29) is 16.6 Å². The van der Waals surface area contributed by atoms with Gasteiger partial charge in [0.2, 0.25) is 5.91 Å². The van der Waals surface area contributed by atoms with Gasteiger partial charge in [-0.1, -0.05) is 44.0 Å². The van der Waals surface area contributed by atoms with Gasteiger partial charge >= 0.3 is 0 Å². The zero-order valence-corrected chi connectivity index (χ0v) is 14.4. The molecular weight excluding hydrogens is 401 g/mol. The van der Waals surface area contributed by atoms with E-state index in [4.69, 9.17) is 0 Å². The third kappa shape index (κ3) is 2.64. The third-order valence-electron chi connectivity index (χ3n) is 3.70. The molecule has 1 aliphatic heterocycles. The van der Waals surface area contributed by atoms with Crippen molar-refractivity contribution in [1.29, 1.82) is 0 Å². The second-order valence-corrected chi connectivity index (χ2v) is 6.82. The number of amides is 1. The third-order valence-corrected chi connectivity index (χ3v) is 5.45. The van der Waals surface area contributed by atoms with Gasteiger partial charge < -0.3 is 4.90 Å². The van der Waals surface area contributed by atoms with Crippen LogP contribution in [0.5, 0.6) is 0 Å². The molecule has 0 radical (unpaired) electrons. The molecule has 1 amide bonds. The largest absolute Gasteiger partial charge is 0.315 e. The van der Waals surface area contributed by atoms with Crippen LogP contribution >= 0.6 is 31.9 Å². The average molecular weight is 413 g/mol. The van der Waals surface area contributed by atoms with Crippen LogP contribution in [0, 0.1) is 5.82 Å². The van der Waals surface area contributed by atoms with Gasteiger partial charge in [0, 0.05) is 17.2 Å². The number of hydrogen-bond acceptors (Lipinski definition) is 1. The normalized spacial score (nSPS) is 15.2. The summed E-state index contributed by atoms with van der Waals surface area (Å²) in [5.41, 5.74) is 3.79. The lowest BCUT2D eigenvalue weighted by Gasteiger charge is -2.15. The standard InChI is InChI=1S/C16H12Br2FNO/c1-20-14-5-2-9(6-10(14)7-15(20)21)16(18)12-8-11(19)3-4-13(12)17/h2-6,8,16H,7H2,1H3. The van der Waals surface area contributed by atoms with Crippen LogP contribution in [-0.4, -0.2) is 13.0 Å². The number of nitrogens with zero attached hydrogens (tertiary/aromatic N) is 1. The number of fused-ring (bicyclic) bond motifs is 1.